The van der Waals surface area contributed by atoms with Gasteiger partial charge in [0.25, 0.3) is 5.91 Å². The number of nitrogens with zero attached hydrogens (tertiary/aromatic N) is 2. The minimum atomic E-state index is -1.27. The number of carbonyl (C=O) groups is 3. The smallest absolute Gasteiger partial charge is 0.323 e. The topological polar surface area (TPSA) is 87.2 Å². The van der Waals surface area contributed by atoms with E-state index in [1.807, 2.05) is 0 Å². The summed E-state index contributed by atoms with van der Waals surface area (Å²) >= 11 is 0. The number of ether oxygens (including phenoxy) is 1. The second-order valence-electron chi connectivity index (χ2n) is 6.13. The second kappa shape index (κ2) is 8.03. The number of rotatable bonds is 6. The van der Waals surface area contributed by atoms with E-state index in [2.05, 4.69) is 0 Å². The van der Waals surface area contributed by atoms with E-state index in [4.69, 9.17) is 9.84 Å². The minimum Gasteiger partial charge on any atom is -0.482 e. The molecule has 0 saturated heterocycles. The number of amides is 2. The maximum atomic E-state index is 13.4. The summed E-state index contributed by atoms with van der Waals surface area (Å²) in [5.41, 5.74) is 0.623. The van der Waals surface area contributed by atoms with Crippen molar-refractivity contribution >= 4 is 23.5 Å². The van der Waals surface area contributed by atoms with Crippen LogP contribution in [0.25, 0.3) is 0 Å². The van der Waals surface area contributed by atoms with Gasteiger partial charge < -0.3 is 14.7 Å². The van der Waals surface area contributed by atoms with Gasteiger partial charge in [-0.2, -0.15) is 0 Å². The Hall–Kier alpha value is -3.49. The van der Waals surface area contributed by atoms with E-state index in [1.54, 1.807) is 24.3 Å². The highest BCUT2D eigenvalue weighted by Gasteiger charge is 2.29. The third-order valence-electron chi connectivity index (χ3n) is 4.14. The van der Waals surface area contributed by atoms with Crippen LogP contribution in [0.15, 0.2) is 42.5 Å². The summed E-state index contributed by atoms with van der Waals surface area (Å²) in [5, 5.41) is 9.10. The molecule has 28 heavy (non-hydrogen) atoms. The summed E-state index contributed by atoms with van der Waals surface area (Å²) < 4.78 is 31.8. The van der Waals surface area contributed by atoms with E-state index in [0.29, 0.717) is 11.4 Å². The molecule has 0 spiro atoms. The van der Waals surface area contributed by atoms with Crippen LogP contribution in [0.1, 0.15) is 5.56 Å². The molecule has 0 unspecified atom stereocenters. The maximum absolute atomic E-state index is 13.4. The fourth-order valence-electron chi connectivity index (χ4n) is 2.82. The number of aliphatic carboxylic acids is 1. The fourth-order valence-corrected chi connectivity index (χ4v) is 2.82. The van der Waals surface area contributed by atoms with Gasteiger partial charge in [0, 0.05) is 6.54 Å². The molecule has 1 N–H and O–H groups in total. The summed E-state index contributed by atoms with van der Waals surface area (Å²) in [5.74, 6) is -4.09. The highest BCUT2D eigenvalue weighted by Crippen LogP contribution is 2.31. The fraction of sp³-hybridized carbons (Fsp3) is 0.211. The van der Waals surface area contributed by atoms with Crippen LogP contribution in [0, 0.1) is 11.6 Å². The van der Waals surface area contributed by atoms with Gasteiger partial charge in [0.1, 0.15) is 18.8 Å². The standard InChI is InChI=1S/C19H16F2N2O5/c20-13-6-5-12(7-14(13)21)8-22(10-19(26)27)17(24)9-23-15-3-1-2-4-16(15)28-11-18(23)25/h1-7H,8-11H2,(H,26,27). The van der Waals surface area contributed by atoms with Crippen molar-refractivity contribution in [3.05, 3.63) is 59.7 Å². The number of para-hydroxylation sites is 2. The van der Waals surface area contributed by atoms with Crippen LogP contribution in [-0.4, -0.2) is 47.5 Å². The van der Waals surface area contributed by atoms with Gasteiger partial charge >= 0.3 is 5.97 Å². The van der Waals surface area contributed by atoms with Gasteiger partial charge in [0.15, 0.2) is 18.2 Å². The molecule has 7 nitrogen and oxygen atoms in total. The summed E-state index contributed by atoms with van der Waals surface area (Å²) in [4.78, 5) is 38.2. The third-order valence-corrected chi connectivity index (χ3v) is 4.14. The number of benzene rings is 2. The number of hydrogen-bond donors (Lipinski definition) is 1. The van der Waals surface area contributed by atoms with Crippen molar-refractivity contribution in [3.63, 3.8) is 0 Å². The van der Waals surface area contributed by atoms with E-state index in [-0.39, 0.29) is 18.7 Å². The van der Waals surface area contributed by atoms with Crippen molar-refractivity contribution < 1.29 is 33.0 Å². The Morgan fingerprint density at radius 3 is 2.61 bits per heavy atom. The lowest BCUT2D eigenvalue weighted by atomic mass is 10.2. The Morgan fingerprint density at radius 2 is 1.89 bits per heavy atom. The van der Waals surface area contributed by atoms with Gasteiger partial charge in [-0.1, -0.05) is 18.2 Å². The molecule has 3 rings (SSSR count). The van der Waals surface area contributed by atoms with Crippen LogP contribution in [0.4, 0.5) is 14.5 Å². The third kappa shape index (κ3) is 4.25. The zero-order chi connectivity index (χ0) is 20.3. The van der Waals surface area contributed by atoms with Crippen molar-refractivity contribution in [2.75, 3.05) is 24.6 Å². The van der Waals surface area contributed by atoms with E-state index in [9.17, 15) is 23.2 Å². The van der Waals surface area contributed by atoms with E-state index in [1.165, 1.54) is 11.0 Å². The molecule has 1 heterocycles. The van der Waals surface area contributed by atoms with Crippen molar-refractivity contribution in [1.29, 1.82) is 0 Å². The molecule has 2 amide bonds. The van der Waals surface area contributed by atoms with Crippen LogP contribution in [-0.2, 0) is 20.9 Å². The van der Waals surface area contributed by atoms with Crippen LogP contribution in [0.3, 0.4) is 0 Å². The lowest BCUT2D eigenvalue weighted by Crippen LogP contribution is -2.47. The van der Waals surface area contributed by atoms with Gasteiger partial charge in [-0.05, 0) is 29.8 Å². The molecular formula is C19H16F2N2O5. The molecule has 0 fully saturated rings. The SMILES string of the molecule is O=C(O)CN(Cc1ccc(F)c(F)c1)C(=O)CN1C(=O)COc2ccccc21. The Kier molecular flexibility index (Phi) is 5.53. The molecule has 1 aliphatic rings. The molecule has 0 aromatic heterocycles. The molecule has 0 radical (unpaired) electrons. The van der Waals surface area contributed by atoms with Crippen molar-refractivity contribution in [2.24, 2.45) is 0 Å². The van der Waals surface area contributed by atoms with Gasteiger partial charge in [-0.3, -0.25) is 19.3 Å². The molecule has 0 aliphatic carbocycles. The zero-order valence-corrected chi connectivity index (χ0v) is 14.6. The molecule has 2 aromatic carbocycles. The molecule has 0 saturated carbocycles. The average Bonchev–Trinajstić information content (AvgIpc) is 2.66. The van der Waals surface area contributed by atoms with Crippen LogP contribution in [0.2, 0.25) is 0 Å². The van der Waals surface area contributed by atoms with Crippen molar-refractivity contribution in [1.82, 2.24) is 4.90 Å². The molecule has 1 aliphatic heterocycles. The van der Waals surface area contributed by atoms with Gasteiger partial charge in [-0.15, -0.1) is 0 Å². The van der Waals surface area contributed by atoms with Gasteiger partial charge in [0.2, 0.25) is 5.91 Å². The highest BCUT2D eigenvalue weighted by atomic mass is 19.2. The Labute approximate surface area is 158 Å². The number of halogens is 2. The minimum absolute atomic E-state index is 0.224. The predicted octanol–water partition coefficient (Wildman–Crippen LogP) is 1.80. The number of anilines is 1. The maximum Gasteiger partial charge on any atom is 0.323 e. The number of carboxylic acids is 1. The molecule has 2 aromatic rings. The highest BCUT2D eigenvalue weighted by molar-refractivity contribution is 6.02. The van der Waals surface area contributed by atoms with E-state index >= 15 is 0 Å². The van der Waals surface area contributed by atoms with Crippen LogP contribution in [0.5, 0.6) is 5.75 Å². The molecule has 146 valence electrons. The lowest BCUT2D eigenvalue weighted by molar-refractivity contribution is -0.144. The lowest BCUT2D eigenvalue weighted by Gasteiger charge is -2.31. The molecule has 9 heteroatoms. The average molecular weight is 390 g/mol. The first kappa shape index (κ1) is 19.3. The van der Waals surface area contributed by atoms with E-state index < -0.39 is 42.5 Å². The quantitative estimate of drug-likeness (QED) is 0.813. The Morgan fingerprint density at radius 1 is 1.14 bits per heavy atom. The zero-order valence-electron chi connectivity index (χ0n) is 14.6. The molecule has 0 atom stereocenters. The first-order chi connectivity index (χ1) is 13.3. The number of fused-ring (bicyclic) bond motifs is 1. The molecular weight excluding hydrogens is 374 g/mol. The Balaban J connectivity index is 1.81. The second-order valence-corrected chi connectivity index (χ2v) is 6.13. The largest absolute Gasteiger partial charge is 0.482 e. The van der Waals surface area contributed by atoms with Crippen molar-refractivity contribution in [3.8, 4) is 5.75 Å². The summed E-state index contributed by atoms with van der Waals surface area (Å²) in [6.45, 7) is -1.55. The van der Waals surface area contributed by atoms with Crippen LogP contribution < -0.4 is 9.64 Å². The number of carboxylic acid groups (broad SMARTS) is 1. The predicted molar refractivity (Wildman–Crippen MR) is 93.7 cm³/mol. The molecule has 0 bridgehead atoms. The summed E-state index contributed by atoms with van der Waals surface area (Å²) in [6, 6.07) is 9.70. The number of hydrogen-bond acceptors (Lipinski definition) is 4. The van der Waals surface area contributed by atoms with Gasteiger partial charge in [0.05, 0.1) is 5.69 Å². The Bertz CT molecular complexity index is 934. The van der Waals surface area contributed by atoms with Crippen LogP contribution >= 0.6 is 0 Å². The first-order valence-corrected chi connectivity index (χ1v) is 8.31. The first-order valence-electron chi connectivity index (χ1n) is 8.31. The summed E-state index contributed by atoms with van der Waals surface area (Å²) in [6.07, 6.45) is 0. The van der Waals surface area contributed by atoms with E-state index in [0.717, 1.165) is 17.0 Å². The number of carbonyl (C=O) groups excluding carboxylic acids is 2. The van der Waals surface area contributed by atoms with Crippen molar-refractivity contribution in [2.45, 2.75) is 6.54 Å². The monoisotopic (exact) mass is 390 g/mol. The van der Waals surface area contributed by atoms with Gasteiger partial charge in [-0.25, -0.2) is 8.78 Å². The normalized spacial score (nSPS) is 12.9. The summed E-state index contributed by atoms with van der Waals surface area (Å²) in [7, 11) is 0.